The molecule has 1 heterocycles. The Kier molecular flexibility index (Phi) is 4.32. The van der Waals surface area contributed by atoms with Crippen molar-refractivity contribution < 1.29 is 9.59 Å². The van der Waals surface area contributed by atoms with Crippen LogP contribution in [0.2, 0.25) is 0 Å². The van der Waals surface area contributed by atoms with Gasteiger partial charge in [-0.05, 0) is 25.0 Å². The van der Waals surface area contributed by atoms with Crippen molar-refractivity contribution in [2.24, 2.45) is 0 Å². The smallest absolute Gasteiger partial charge is 0.248 e. The van der Waals surface area contributed by atoms with Gasteiger partial charge in [-0.15, -0.1) is 0 Å². The molecule has 2 amide bonds. The van der Waals surface area contributed by atoms with Gasteiger partial charge >= 0.3 is 0 Å². The van der Waals surface area contributed by atoms with Gasteiger partial charge in [0.2, 0.25) is 11.8 Å². The molecular weight excluding hydrogens is 278 g/mol. The fourth-order valence-corrected chi connectivity index (χ4v) is 3.52. The Labute approximate surface area is 131 Å². The van der Waals surface area contributed by atoms with Crippen molar-refractivity contribution in [3.63, 3.8) is 0 Å². The number of anilines is 2. The van der Waals surface area contributed by atoms with E-state index >= 15 is 0 Å². The number of hydrogen-bond acceptors (Lipinski definition) is 3. The average molecular weight is 301 g/mol. The zero-order valence-electron chi connectivity index (χ0n) is 13.0. The summed E-state index contributed by atoms with van der Waals surface area (Å²) < 4.78 is 0. The quantitative estimate of drug-likeness (QED) is 0.881. The molecule has 1 aromatic rings. The van der Waals surface area contributed by atoms with Gasteiger partial charge in [0.05, 0.1) is 11.4 Å². The number of para-hydroxylation sites is 2. The van der Waals surface area contributed by atoms with Gasteiger partial charge < -0.3 is 15.5 Å². The van der Waals surface area contributed by atoms with Crippen LogP contribution in [-0.4, -0.2) is 30.4 Å². The molecule has 0 bridgehead atoms. The maximum Gasteiger partial charge on any atom is 0.248 e. The van der Waals surface area contributed by atoms with Gasteiger partial charge in [0.15, 0.2) is 0 Å². The van der Waals surface area contributed by atoms with E-state index < -0.39 is 6.04 Å². The minimum absolute atomic E-state index is 0.138. The van der Waals surface area contributed by atoms with E-state index in [-0.39, 0.29) is 11.8 Å². The van der Waals surface area contributed by atoms with Crippen molar-refractivity contribution in [3.05, 3.63) is 24.3 Å². The van der Waals surface area contributed by atoms with Crippen LogP contribution in [0.4, 0.5) is 11.4 Å². The number of fused-ring (bicyclic) bond motifs is 1. The zero-order chi connectivity index (χ0) is 15.5. The zero-order valence-corrected chi connectivity index (χ0v) is 13.0. The highest BCUT2D eigenvalue weighted by Crippen LogP contribution is 2.34. The van der Waals surface area contributed by atoms with Gasteiger partial charge in [0, 0.05) is 19.5 Å². The predicted octanol–water partition coefficient (Wildman–Crippen LogP) is 2.28. The lowest BCUT2D eigenvalue weighted by atomic mass is 9.93. The molecule has 2 N–H and O–H groups in total. The highest BCUT2D eigenvalue weighted by atomic mass is 16.2. The molecule has 0 radical (unpaired) electrons. The van der Waals surface area contributed by atoms with Crippen LogP contribution < -0.4 is 15.5 Å². The SMILES string of the molecule is CC(=O)N[C@@H]1CN(C2CCCCC2)c2ccccc2NC1=O. The number of nitrogens with one attached hydrogen (secondary N) is 2. The van der Waals surface area contributed by atoms with Crippen LogP contribution in [0.15, 0.2) is 24.3 Å². The van der Waals surface area contributed by atoms with Crippen LogP contribution >= 0.6 is 0 Å². The lowest BCUT2D eigenvalue weighted by Gasteiger charge is -2.37. The van der Waals surface area contributed by atoms with Crippen LogP contribution in [0.5, 0.6) is 0 Å². The summed E-state index contributed by atoms with van der Waals surface area (Å²) in [6.07, 6.45) is 6.05. The Morgan fingerprint density at radius 1 is 1.23 bits per heavy atom. The summed E-state index contributed by atoms with van der Waals surface area (Å²) in [4.78, 5) is 26.1. The third-order valence-electron chi connectivity index (χ3n) is 4.56. The van der Waals surface area contributed by atoms with E-state index in [4.69, 9.17) is 0 Å². The summed E-state index contributed by atoms with van der Waals surface area (Å²) >= 11 is 0. The lowest BCUT2D eigenvalue weighted by Crippen LogP contribution is -2.51. The van der Waals surface area contributed by atoms with E-state index in [0.717, 1.165) is 24.2 Å². The first-order valence-corrected chi connectivity index (χ1v) is 8.09. The molecule has 5 nitrogen and oxygen atoms in total. The molecule has 5 heteroatoms. The third kappa shape index (κ3) is 3.08. The van der Waals surface area contributed by atoms with E-state index in [2.05, 4.69) is 21.6 Å². The maximum atomic E-state index is 12.4. The Hall–Kier alpha value is -2.04. The molecule has 1 atom stereocenters. The fraction of sp³-hybridized carbons (Fsp3) is 0.529. The molecule has 0 aromatic heterocycles. The van der Waals surface area contributed by atoms with Crippen LogP contribution in [0.3, 0.4) is 0 Å². The minimum atomic E-state index is -0.508. The number of amides is 2. The average Bonchev–Trinajstić information content (AvgIpc) is 2.65. The summed E-state index contributed by atoms with van der Waals surface area (Å²) in [5.41, 5.74) is 1.90. The van der Waals surface area contributed by atoms with Crippen molar-refractivity contribution in [1.29, 1.82) is 0 Å². The van der Waals surface area contributed by atoms with E-state index in [1.165, 1.54) is 26.2 Å². The molecular formula is C17H23N3O2. The molecule has 1 aliphatic heterocycles. The lowest BCUT2D eigenvalue weighted by molar-refractivity contribution is -0.124. The van der Waals surface area contributed by atoms with Crippen molar-refractivity contribution in [1.82, 2.24) is 5.32 Å². The third-order valence-corrected chi connectivity index (χ3v) is 4.56. The van der Waals surface area contributed by atoms with Crippen LogP contribution in [0.25, 0.3) is 0 Å². The largest absolute Gasteiger partial charge is 0.364 e. The molecule has 3 rings (SSSR count). The Morgan fingerprint density at radius 2 is 1.95 bits per heavy atom. The molecule has 0 spiro atoms. The van der Waals surface area contributed by atoms with E-state index in [0.29, 0.717) is 12.6 Å². The van der Waals surface area contributed by atoms with E-state index in [9.17, 15) is 9.59 Å². The highest BCUT2D eigenvalue weighted by Gasteiger charge is 2.32. The fourth-order valence-electron chi connectivity index (χ4n) is 3.52. The molecule has 118 valence electrons. The van der Waals surface area contributed by atoms with Crippen molar-refractivity contribution >= 4 is 23.2 Å². The summed E-state index contributed by atoms with van der Waals surface area (Å²) in [5.74, 6) is -0.310. The standard InChI is InChI=1S/C17H23N3O2/c1-12(21)18-15-11-20(13-7-3-2-4-8-13)16-10-6-5-9-14(16)19-17(15)22/h5-6,9-10,13,15H,2-4,7-8,11H2,1H3,(H,18,21)(H,19,22)/t15-/m1/s1. The predicted molar refractivity (Wildman–Crippen MR) is 86.9 cm³/mol. The number of benzene rings is 1. The number of hydrogen-bond donors (Lipinski definition) is 2. The van der Waals surface area contributed by atoms with Gasteiger partial charge in [-0.3, -0.25) is 9.59 Å². The first-order valence-electron chi connectivity index (χ1n) is 8.09. The first kappa shape index (κ1) is 14.9. The highest BCUT2D eigenvalue weighted by molar-refractivity contribution is 6.01. The summed E-state index contributed by atoms with van der Waals surface area (Å²) in [5, 5.41) is 5.73. The second-order valence-electron chi connectivity index (χ2n) is 6.20. The Balaban J connectivity index is 1.92. The summed E-state index contributed by atoms with van der Waals surface area (Å²) in [6.45, 7) is 1.99. The molecule has 2 aliphatic rings. The molecule has 22 heavy (non-hydrogen) atoms. The number of nitrogens with zero attached hydrogens (tertiary/aromatic N) is 1. The van der Waals surface area contributed by atoms with Gasteiger partial charge in [-0.25, -0.2) is 0 Å². The Morgan fingerprint density at radius 3 is 2.68 bits per heavy atom. The topological polar surface area (TPSA) is 61.4 Å². The second kappa shape index (κ2) is 6.38. The van der Waals surface area contributed by atoms with Crippen LogP contribution in [0.1, 0.15) is 39.0 Å². The van der Waals surface area contributed by atoms with Crippen molar-refractivity contribution in [3.8, 4) is 0 Å². The van der Waals surface area contributed by atoms with Gasteiger partial charge in [-0.1, -0.05) is 31.4 Å². The van der Waals surface area contributed by atoms with Gasteiger partial charge in [0.25, 0.3) is 0 Å². The normalized spacial score (nSPS) is 22.5. The first-order chi connectivity index (χ1) is 10.6. The van der Waals surface area contributed by atoms with Gasteiger partial charge in [0.1, 0.15) is 6.04 Å². The Bertz CT molecular complexity index is 567. The molecule has 1 saturated carbocycles. The van der Waals surface area contributed by atoms with E-state index in [1.54, 1.807) is 0 Å². The number of carbonyl (C=O) groups excluding carboxylic acids is 2. The monoisotopic (exact) mass is 301 g/mol. The molecule has 1 aliphatic carbocycles. The molecule has 0 unspecified atom stereocenters. The van der Waals surface area contributed by atoms with E-state index in [1.807, 2.05) is 18.2 Å². The summed E-state index contributed by atoms with van der Waals surface area (Å²) in [6, 6.07) is 7.85. The van der Waals surface area contributed by atoms with Gasteiger partial charge in [-0.2, -0.15) is 0 Å². The molecule has 1 aromatic carbocycles. The second-order valence-corrected chi connectivity index (χ2v) is 6.20. The molecule has 0 saturated heterocycles. The number of rotatable bonds is 2. The minimum Gasteiger partial charge on any atom is -0.364 e. The van der Waals surface area contributed by atoms with Crippen molar-refractivity contribution in [2.45, 2.75) is 51.1 Å². The van der Waals surface area contributed by atoms with Crippen LogP contribution in [-0.2, 0) is 9.59 Å². The van der Waals surface area contributed by atoms with Crippen LogP contribution in [0, 0.1) is 0 Å². The summed E-state index contributed by atoms with van der Waals surface area (Å²) in [7, 11) is 0. The molecule has 1 fully saturated rings. The van der Waals surface area contributed by atoms with Crippen molar-refractivity contribution in [2.75, 3.05) is 16.8 Å². The maximum absolute atomic E-state index is 12.4. The number of carbonyl (C=O) groups is 2.